The van der Waals surface area contributed by atoms with Crippen LogP contribution in [0.3, 0.4) is 0 Å². The topological polar surface area (TPSA) is 41.5 Å². The normalized spacial score (nSPS) is 25.8. The quantitative estimate of drug-likeness (QED) is 0.478. The van der Waals surface area contributed by atoms with E-state index in [-0.39, 0.29) is 11.0 Å². The van der Waals surface area contributed by atoms with Gasteiger partial charge in [0.05, 0.1) is 0 Å². The van der Waals surface area contributed by atoms with Gasteiger partial charge < -0.3 is 15.2 Å². The molecular formula is C26H43NO2. The van der Waals surface area contributed by atoms with E-state index >= 15 is 0 Å². The van der Waals surface area contributed by atoms with Gasteiger partial charge in [0.1, 0.15) is 17.1 Å². The SMILES string of the molecule is CCCCCCC(C)(C)c1cc(O)c2c(c1)OC(C)(C)[C@@H]1CCC(NCC)C[C@@H]21. The van der Waals surface area contributed by atoms with Gasteiger partial charge >= 0.3 is 0 Å². The molecule has 1 aliphatic heterocycles. The zero-order chi connectivity index (χ0) is 21.2. The molecule has 0 amide bonds. The van der Waals surface area contributed by atoms with E-state index in [2.05, 4.69) is 52.9 Å². The van der Waals surface area contributed by atoms with Crippen LogP contribution in [0.25, 0.3) is 0 Å². The van der Waals surface area contributed by atoms with Crippen LogP contribution in [0.15, 0.2) is 12.1 Å². The number of phenols is 1. The number of nitrogens with one attached hydrogen (secondary N) is 1. The predicted molar refractivity (Wildman–Crippen MR) is 122 cm³/mol. The van der Waals surface area contributed by atoms with E-state index in [4.69, 9.17) is 4.74 Å². The molecule has 1 aliphatic carbocycles. The Labute approximate surface area is 178 Å². The fourth-order valence-electron chi connectivity index (χ4n) is 5.75. The smallest absolute Gasteiger partial charge is 0.127 e. The van der Waals surface area contributed by atoms with Gasteiger partial charge in [-0.2, -0.15) is 0 Å². The Morgan fingerprint density at radius 2 is 1.90 bits per heavy atom. The number of ether oxygens (including phenoxy) is 1. The highest BCUT2D eigenvalue weighted by Gasteiger charge is 2.47. The number of unbranched alkanes of at least 4 members (excludes halogenated alkanes) is 3. The second kappa shape index (κ2) is 8.88. The van der Waals surface area contributed by atoms with Crippen molar-refractivity contribution in [3.63, 3.8) is 0 Å². The highest BCUT2D eigenvalue weighted by molar-refractivity contribution is 5.53. The molecule has 164 valence electrons. The van der Waals surface area contributed by atoms with Gasteiger partial charge in [0.25, 0.3) is 0 Å². The Hall–Kier alpha value is -1.22. The minimum Gasteiger partial charge on any atom is -0.508 e. The molecule has 0 spiro atoms. The van der Waals surface area contributed by atoms with Crippen molar-refractivity contribution in [3.8, 4) is 11.5 Å². The third-order valence-corrected chi connectivity index (χ3v) is 7.54. The van der Waals surface area contributed by atoms with Crippen LogP contribution in [-0.4, -0.2) is 23.3 Å². The zero-order valence-corrected chi connectivity index (χ0v) is 19.6. The Morgan fingerprint density at radius 1 is 1.14 bits per heavy atom. The molecule has 3 atom stereocenters. The molecule has 0 aromatic heterocycles. The maximum absolute atomic E-state index is 11.1. The summed E-state index contributed by atoms with van der Waals surface area (Å²) in [5.74, 6) is 2.20. The highest BCUT2D eigenvalue weighted by Crippen LogP contribution is 2.55. The van der Waals surface area contributed by atoms with Gasteiger partial charge in [-0.3, -0.25) is 0 Å². The molecule has 29 heavy (non-hydrogen) atoms. The first-order valence-electron chi connectivity index (χ1n) is 12.0. The van der Waals surface area contributed by atoms with Crippen molar-refractivity contribution in [1.29, 1.82) is 0 Å². The molecule has 1 unspecified atom stereocenters. The Bertz CT molecular complexity index is 694. The van der Waals surface area contributed by atoms with E-state index in [1.54, 1.807) is 0 Å². The van der Waals surface area contributed by atoms with Crippen molar-refractivity contribution in [2.24, 2.45) is 5.92 Å². The lowest BCUT2D eigenvalue weighted by atomic mass is 9.65. The van der Waals surface area contributed by atoms with Gasteiger partial charge in [-0.05, 0) is 75.1 Å². The molecule has 3 rings (SSSR count). The maximum Gasteiger partial charge on any atom is 0.127 e. The van der Waals surface area contributed by atoms with Crippen molar-refractivity contribution < 1.29 is 9.84 Å². The van der Waals surface area contributed by atoms with Crippen LogP contribution in [0.2, 0.25) is 0 Å². The van der Waals surface area contributed by atoms with Crippen molar-refractivity contribution in [3.05, 3.63) is 23.3 Å². The summed E-state index contributed by atoms with van der Waals surface area (Å²) >= 11 is 0. The number of benzene rings is 1. The van der Waals surface area contributed by atoms with Gasteiger partial charge in [0.15, 0.2) is 0 Å². The van der Waals surface area contributed by atoms with E-state index in [0.29, 0.717) is 23.6 Å². The van der Waals surface area contributed by atoms with Crippen LogP contribution >= 0.6 is 0 Å². The Kier molecular flexibility index (Phi) is 6.88. The minimum absolute atomic E-state index is 0.0451. The number of hydrogen-bond acceptors (Lipinski definition) is 3. The lowest BCUT2D eigenvalue weighted by Gasteiger charge is -2.49. The van der Waals surface area contributed by atoms with Crippen LogP contribution in [0.4, 0.5) is 0 Å². The number of aromatic hydroxyl groups is 1. The number of rotatable bonds is 8. The van der Waals surface area contributed by atoms with Crippen LogP contribution in [0.5, 0.6) is 11.5 Å². The van der Waals surface area contributed by atoms with E-state index in [1.165, 1.54) is 37.7 Å². The number of fused-ring (bicyclic) bond motifs is 3. The largest absolute Gasteiger partial charge is 0.508 e. The van der Waals surface area contributed by atoms with Crippen molar-refractivity contribution in [2.45, 2.75) is 116 Å². The molecule has 0 saturated heterocycles. The average Bonchev–Trinajstić information content (AvgIpc) is 2.64. The molecule has 1 fully saturated rings. The summed E-state index contributed by atoms with van der Waals surface area (Å²) in [5.41, 5.74) is 2.12. The summed E-state index contributed by atoms with van der Waals surface area (Å²) in [4.78, 5) is 0. The molecule has 3 heteroatoms. The standard InChI is InChI=1S/C26H43NO2/c1-7-9-10-11-14-25(3,4)18-15-22(28)24-20-17-19(27-8-2)12-13-21(20)26(5,6)29-23(24)16-18/h15-16,19-21,27-28H,7-14,17H2,1-6H3/t19?,20-,21-/m1/s1. The van der Waals surface area contributed by atoms with Crippen LogP contribution in [-0.2, 0) is 5.41 Å². The van der Waals surface area contributed by atoms with Gasteiger partial charge in [-0.1, -0.05) is 53.4 Å². The van der Waals surface area contributed by atoms with Gasteiger partial charge in [0, 0.05) is 17.5 Å². The van der Waals surface area contributed by atoms with Crippen molar-refractivity contribution in [2.75, 3.05) is 6.54 Å². The summed E-state index contributed by atoms with van der Waals surface area (Å²) in [6, 6.07) is 4.81. The Morgan fingerprint density at radius 3 is 2.59 bits per heavy atom. The summed E-state index contributed by atoms with van der Waals surface area (Å²) in [7, 11) is 0. The lowest BCUT2D eigenvalue weighted by Crippen LogP contribution is -2.49. The third kappa shape index (κ3) is 4.76. The minimum atomic E-state index is -0.189. The number of hydrogen-bond donors (Lipinski definition) is 2. The van der Waals surface area contributed by atoms with Gasteiger partial charge in [0.2, 0.25) is 0 Å². The molecule has 1 heterocycles. The maximum atomic E-state index is 11.1. The summed E-state index contributed by atoms with van der Waals surface area (Å²) in [5, 5.41) is 14.8. The van der Waals surface area contributed by atoms with E-state index in [9.17, 15) is 5.11 Å². The molecule has 0 bridgehead atoms. The van der Waals surface area contributed by atoms with Crippen LogP contribution in [0, 0.1) is 5.92 Å². The molecule has 1 aromatic rings. The summed E-state index contributed by atoms with van der Waals surface area (Å²) in [6.07, 6.45) is 9.67. The van der Waals surface area contributed by atoms with E-state index < -0.39 is 0 Å². The molecule has 3 nitrogen and oxygen atoms in total. The Balaban J connectivity index is 1.90. The molecular weight excluding hydrogens is 358 g/mol. The zero-order valence-electron chi connectivity index (χ0n) is 19.6. The molecule has 2 aliphatic rings. The second-order valence-electron chi connectivity index (χ2n) is 10.6. The van der Waals surface area contributed by atoms with Crippen molar-refractivity contribution in [1.82, 2.24) is 5.32 Å². The molecule has 1 saturated carbocycles. The predicted octanol–water partition coefficient (Wildman–Crippen LogP) is 6.67. The van der Waals surface area contributed by atoms with Crippen molar-refractivity contribution >= 4 is 0 Å². The molecule has 2 N–H and O–H groups in total. The number of phenolic OH excluding ortho intramolecular Hbond substituents is 1. The third-order valence-electron chi connectivity index (χ3n) is 7.54. The summed E-state index contributed by atoms with van der Waals surface area (Å²) < 4.78 is 6.56. The van der Waals surface area contributed by atoms with E-state index in [1.807, 2.05) is 6.07 Å². The first kappa shape index (κ1) is 22.5. The van der Waals surface area contributed by atoms with Crippen LogP contribution < -0.4 is 10.1 Å². The molecule has 1 aromatic carbocycles. The lowest BCUT2D eigenvalue weighted by molar-refractivity contribution is -0.0121. The average molecular weight is 402 g/mol. The van der Waals surface area contributed by atoms with Gasteiger partial charge in [-0.25, -0.2) is 0 Å². The van der Waals surface area contributed by atoms with Gasteiger partial charge in [-0.15, -0.1) is 0 Å². The fourth-order valence-corrected chi connectivity index (χ4v) is 5.75. The van der Waals surface area contributed by atoms with Crippen LogP contribution in [0.1, 0.15) is 110 Å². The summed E-state index contributed by atoms with van der Waals surface area (Å²) in [6.45, 7) is 14.5. The second-order valence-corrected chi connectivity index (χ2v) is 10.6. The fraction of sp³-hybridized carbons (Fsp3) is 0.769. The van der Waals surface area contributed by atoms with E-state index in [0.717, 1.165) is 37.1 Å². The molecule has 0 radical (unpaired) electrons. The monoisotopic (exact) mass is 401 g/mol. The first-order valence-corrected chi connectivity index (χ1v) is 12.0. The first-order chi connectivity index (χ1) is 13.7. The highest BCUT2D eigenvalue weighted by atomic mass is 16.5.